The zero-order valence-corrected chi connectivity index (χ0v) is 23.8. The van der Waals surface area contributed by atoms with Crippen LogP contribution in [0.4, 0.5) is 11.5 Å². The van der Waals surface area contributed by atoms with Gasteiger partial charge in [-0.15, -0.1) is 4.40 Å². The molecule has 2 fully saturated rings. The van der Waals surface area contributed by atoms with Gasteiger partial charge >= 0.3 is 0 Å². The van der Waals surface area contributed by atoms with Crippen LogP contribution in [0.1, 0.15) is 37.3 Å². The molecule has 0 unspecified atom stereocenters. The first kappa shape index (κ1) is 26.1. The molecule has 3 aliphatic rings. The van der Waals surface area contributed by atoms with Gasteiger partial charge in [0.25, 0.3) is 10.0 Å². The van der Waals surface area contributed by atoms with E-state index < -0.39 is 10.0 Å². The minimum absolute atomic E-state index is 0.212. The second-order valence-corrected chi connectivity index (χ2v) is 12.7. The zero-order valence-electron chi connectivity index (χ0n) is 22.9. The van der Waals surface area contributed by atoms with Crippen LogP contribution in [-0.4, -0.2) is 83.1 Å². The number of hydrogen-bond donors (Lipinski definition) is 2. The van der Waals surface area contributed by atoms with Gasteiger partial charge in [-0.25, -0.2) is 14.6 Å². The minimum atomic E-state index is -3.70. The molecule has 0 atom stereocenters. The second-order valence-electron chi connectivity index (χ2n) is 11.2. The molecule has 11 nitrogen and oxygen atoms in total. The van der Waals surface area contributed by atoms with E-state index in [0.717, 1.165) is 79.8 Å². The van der Waals surface area contributed by atoms with E-state index in [0.29, 0.717) is 23.3 Å². The molecule has 2 aromatic heterocycles. The number of nitrogens with zero attached hydrogens (tertiary/aromatic N) is 7. The number of nitrogen functional groups attached to an aromatic ring is 1. The number of amidine groups is 1. The summed E-state index contributed by atoms with van der Waals surface area (Å²) >= 11 is 0. The van der Waals surface area contributed by atoms with Crippen molar-refractivity contribution in [2.75, 3.05) is 44.3 Å². The van der Waals surface area contributed by atoms with Gasteiger partial charge in [-0.1, -0.05) is 24.3 Å². The van der Waals surface area contributed by atoms with E-state index in [1.165, 1.54) is 6.33 Å². The molecular weight excluding hydrogens is 538 g/mol. The first-order valence-corrected chi connectivity index (χ1v) is 15.5. The first-order chi connectivity index (χ1) is 19.9. The predicted octanol–water partition coefficient (Wildman–Crippen LogP) is 3.37. The van der Waals surface area contributed by atoms with E-state index in [-0.39, 0.29) is 10.9 Å². The number of anilines is 2. The van der Waals surface area contributed by atoms with E-state index in [2.05, 4.69) is 41.2 Å². The Labute approximate surface area is 239 Å². The largest absolute Gasteiger partial charge is 0.383 e. The van der Waals surface area contributed by atoms with Crippen molar-refractivity contribution >= 4 is 38.4 Å². The Balaban J connectivity index is 1.13. The molecule has 1 saturated heterocycles. The zero-order chi connectivity index (χ0) is 28.1. The minimum Gasteiger partial charge on any atom is -0.383 e. The molecule has 2 aromatic carbocycles. The van der Waals surface area contributed by atoms with Crippen LogP contribution in [-0.2, 0) is 10.0 Å². The van der Waals surface area contributed by atoms with E-state index >= 15 is 0 Å². The van der Waals surface area contributed by atoms with Gasteiger partial charge in [0.1, 0.15) is 22.7 Å². The van der Waals surface area contributed by atoms with Crippen molar-refractivity contribution in [1.29, 1.82) is 0 Å². The molecule has 0 radical (unpaired) electrons. The molecule has 0 bridgehead atoms. The number of aromatic nitrogens is 4. The normalized spacial score (nSPS) is 22.9. The molecule has 212 valence electrons. The highest BCUT2D eigenvalue weighted by molar-refractivity contribution is 7.90. The lowest BCUT2D eigenvalue weighted by Gasteiger charge is -2.41. The predicted molar refractivity (Wildman–Crippen MR) is 159 cm³/mol. The number of likely N-dealkylation sites (N-methyl/N-ethyl adjacent to an activating group) is 1. The molecule has 4 heterocycles. The SMILES string of the molecule is CN1CCN(C2CCC(n3nc(-c4ccc(NC5=NS(=O)(=O)c6ccccc65)cc4)c4c(N)ncnc43)CC2)CC1. The van der Waals surface area contributed by atoms with Crippen LogP contribution < -0.4 is 11.1 Å². The summed E-state index contributed by atoms with van der Waals surface area (Å²) in [5, 5.41) is 8.98. The van der Waals surface area contributed by atoms with Crippen molar-refractivity contribution in [3.8, 4) is 11.3 Å². The summed E-state index contributed by atoms with van der Waals surface area (Å²) in [6.07, 6.45) is 5.90. The van der Waals surface area contributed by atoms with Crippen molar-refractivity contribution in [3.63, 3.8) is 0 Å². The highest BCUT2D eigenvalue weighted by atomic mass is 32.2. The molecule has 0 amide bonds. The average molecular weight is 572 g/mol. The number of benzene rings is 2. The van der Waals surface area contributed by atoms with Crippen molar-refractivity contribution in [3.05, 3.63) is 60.4 Å². The van der Waals surface area contributed by atoms with Gasteiger partial charge < -0.3 is 16.0 Å². The maximum Gasteiger partial charge on any atom is 0.285 e. The van der Waals surface area contributed by atoms with E-state index in [1.807, 2.05) is 24.3 Å². The lowest BCUT2D eigenvalue weighted by molar-refractivity contribution is 0.0815. The smallest absolute Gasteiger partial charge is 0.285 e. The summed E-state index contributed by atoms with van der Waals surface area (Å²) in [4.78, 5) is 14.2. The molecule has 41 heavy (non-hydrogen) atoms. The van der Waals surface area contributed by atoms with Gasteiger partial charge in [0.2, 0.25) is 0 Å². The fraction of sp³-hybridized carbons (Fsp3) is 0.379. The van der Waals surface area contributed by atoms with Crippen molar-refractivity contribution in [2.45, 2.75) is 42.7 Å². The molecule has 4 aromatic rings. The molecule has 0 spiro atoms. The van der Waals surface area contributed by atoms with E-state index in [1.54, 1.807) is 24.3 Å². The number of nitrogens with two attached hydrogens (primary N) is 1. The van der Waals surface area contributed by atoms with Crippen LogP contribution in [0.15, 0.2) is 64.2 Å². The lowest BCUT2D eigenvalue weighted by atomic mass is 9.90. The number of hydrogen-bond acceptors (Lipinski definition) is 9. The maximum atomic E-state index is 12.4. The topological polar surface area (TPSA) is 135 Å². The van der Waals surface area contributed by atoms with Gasteiger partial charge in [0, 0.05) is 49.0 Å². The van der Waals surface area contributed by atoms with Gasteiger partial charge in [0.15, 0.2) is 11.5 Å². The Kier molecular flexibility index (Phi) is 6.48. The van der Waals surface area contributed by atoms with Crippen LogP contribution in [0.25, 0.3) is 22.3 Å². The van der Waals surface area contributed by atoms with Crippen LogP contribution in [0.3, 0.4) is 0 Å². The molecule has 7 rings (SSSR count). The summed E-state index contributed by atoms with van der Waals surface area (Å²) < 4.78 is 30.8. The highest BCUT2D eigenvalue weighted by Crippen LogP contribution is 2.37. The molecule has 1 saturated carbocycles. The fourth-order valence-corrected chi connectivity index (χ4v) is 7.53. The number of rotatable bonds is 4. The van der Waals surface area contributed by atoms with E-state index in [4.69, 9.17) is 10.8 Å². The highest BCUT2D eigenvalue weighted by Gasteiger charge is 2.31. The molecule has 2 aliphatic heterocycles. The van der Waals surface area contributed by atoms with Crippen LogP contribution >= 0.6 is 0 Å². The lowest BCUT2D eigenvalue weighted by Crippen LogP contribution is -2.49. The van der Waals surface area contributed by atoms with Crippen LogP contribution in [0.5, 0.6) is 0 Å². The molecule has 3 N–H and O–H groups in total. The van der Waals surface area contributed by atoms with Gasteiger partial charge in [-0.3, -0.25) is 4.90 Å². The van der Waals surface area contributed by atoms with Gasteiger partial charge in [0.05, 0.1) is 11.4 Å². The summed E-state index contributed by atoms with van der Waals surface area (Å²) in [7, 11) is -1.50. The Hall–Kier alpha value is -3.87. The Morgan fingerprint density at radius 2 is 1.61 bits per heavy atom. The van der Waals surface area contributed by atoms with Crippen LogP contribution in [0.2, 0.25) is 0 Å². The molecule has 12 heteroatoms. The first-order valence-electron chi connectivity index (χ1n) is 14.1. The van der Waals surface area contributed by atoms with Gasteiger partial charge in [-0.05, 0) is 57.0 Å². The Bertz CT molecular complexity index is 1730. The van der Waals surface area contributed by atoms with Crippen molar-refractivity contribution in [2.24, 2.45) is 4.40 Å². The summed E-state index contributed by atoms with van der Waals surface area (Å²) in [5.41, 5.74) is 10.1. The standard InChI is InChI=1S/C29H33N9O2S/c1-36-14-16-37(17-15-36)21-10-12-22(13-11-21)38-29-25(27(30)31-18-32-29)26(34-38)19-6-8-20(9-7-19)33-28-23-4-2-3-5-24(23)41(39,40)35-28/h2-9,18,21-22H,10-17H2,1H3,(H,33,35)(H2,30,31,32). The van der Waals surface area contributed by atoms with Crippen LogP contribution in [0, 0.1) is 0 Å². The Morgan fingerprint density at radius 1 is 0.902 bits per heavy atom. The number of fused-ring (bicyclic) bond motifs is 2. The molecule has 1 aliphatic carbocycles. The summed E-state index contributed by atoms with van der Waals surface area (Å²) in [6.45, 7) is 4.56. The maximum absolute atomic E-state index is 12.4. The Morgan fingerprint density at radius 3 is 2.37 bits per heavy atom. The van der Waals surface area contributed by atoms with E-state index in [9.17, 15) is 8.42 Å². The second kappa shape index (κ2) is 10.2. The third-order valence-electron chi connectivity index (χ3n) is 8.64. The number of sulfonamides is 1. The van der Waals surface area contributed by atoms with Crippen molar-refractivity contribution < 1.29 is 8.42 Å². The van der Waals surface area contributed by atoms with Gasteiger partial charge in [-0.2, -0.15) is 13.5 Å². The number of nitrogens with one attached hydrogen (secondary N) is 1. The number of piperazine rings is 1. The quantitative estimate of drug-likeness (QED) is 0.378. The monoisotopic (exact) mass is 571 g/mol. The molecular formula is C29H33N9O2S. The average Bonchev–Trinajstić information content (AvgIpc) is 3.50. The third kappa shape index (κ3) is 4.75. The van der Waals surface area contributed by atoms with Crippen molar-refractivity contribution in [1.82, 2.24) is 29.5 Å². The summed E-state index contributed by atoms with van der Waals surface area (Å²) in [6, 6.07) is 15.4. The fourth-order valence-electron chi connectivity index (χ4n) is 6.35. The summed E-state index contributed by atoms with van der Waals surface area (Å²) in [5.74, 6) is 0.722. The third-order valence-corrected chi connectivity index (χ3v) is 9.97.